The van der Waals surface area contributed by atoms with Gasteiger partial charge in [0.2, 0.25) is 0 Å². The molecule has 3 aromatic rings. The number of carbonyl (C=O) groups is 1. The second-order valence-electron chi connectivity index (χ2n) is 7.89. The van der Waals surface area contributed by atoms with Crippen LogP contribution in [0.4, 0.5) is 0 Å². The van der Waals surface area contributed by atoms with Crippen molar-refractivity contribution in [2.45, 2.75) is 44.9 Å². The van der Waals surface area contributed by atoms with Crippen molar-refractivity contribution in [3.8, 4) is 0 Å². The number of fused-ring (bicyclic) bond motifs is 1. The summed E-state index contributed by atoms with van der Waals surface area (Å²) in [7, 11) is 0. The standard InChI is InChI=1S/C23H29N3O2/c1-2-3-4-10-25-11-7-17(8-12-25)21-15-26(24)22-6-5-18(14-20(21)22)23(27)19-9-13-28-16-19/h5-6,9,13-17H,2-4,7-8,10-12,24H2,1H3. The number of aromatic nitrogens is 1. The molecule has 2 N–H and O–H groups in total. The maximum absolute atomic E-state index is 12.7. The molecule has 0 spiro atoms. The number of nitrogen functional groups attached to an aromatic ring is 1. The van der Waals surface area contributed by atoms with E-state index in [9.17, 15) is 4.79 Å². The summed E-state index contributed by atoms with van der Waals surface area (Å²) < 4.78 is 6.76. The van der Waals surface area contributed by atoms with E-state index in [4.69, 9.17) is 10.3 Å². The zero-order valence-corrected chi connectivity index (χ0v) is 16.6. The van der Waals surface area contributed by atoms with E-state index in [0.717, 1.165) is 36.8 Å². The molecule has 5 nitrogen and oxygen atoms in total. The van der Waals surface area contributed by atoms with Crippen LogP contribution in [0.15, 0.2) is 47.4 Å². The molecule has 5 heteroatoms. The SMILES string of the molecule is CCCCCN1CCC(c2cn(N)c3ccc(C(=O)c4ccoc4)cc23)CC1. The second kappa shape index (κ2) is 8.23. The topological polar surface area (TPSA) is 64.4 Å². The van der Waals surface area contributed by atoms with Crippen LogP contribution in [-0.2, 0) is 0 Å². The third kappa shape index (κ3) is 3.72. The fourth-order valence-corrected chi connectivity index (χ4v) is 4.36. The summed E-state index contributed by atoms with van der Waals surface area (Å²) in [5.41, 5.74) is 3.50. The van der Waals surface area contributed by atoms with E-state index >= 15 is 0 Å². The lowest BCUT2D eigenvalue weighted by Crippen LogP contribution is -2.33. The minimum absolute atomic E-state index is 0.0166. The molecule has 0 amide bonds. The Balaban J connectivity index is 1.54. The summed E-state index contributed by atoms with van der Waals surface area (Å²) in [4.78, 5) is 15.3. The summed E-state index contributed by atoms with van der Waals surface area (Å²) >= 11 is 0. The Labute approximate surface area is 166 Å². The van der Waals surface area contributed by atoms with E-state index < -0.39 is 0 Å². The normalized spacial score (nSPS) is 16.0. The maximum Gasteiger partial charge on any atom is 0.196 e. The van der Waals surface area contributed by atoms with Gasteiger partial charge in [-0.2, -0.15) is 0 Å². The van der Waals surface area contributed by atoms with Crippen molar-refractivity contribution in [1.29, 1.82) is 0 Å². The maximum atomic E-state index is 12.7. The molecule has 0 radical (unpaired) electrons. The lowest BCUT2D eigenvalue weighted by molar-refractivity contribution is 0.103. The molecule has 4 rings (SSSR count). The first kappa shape index (κ1) is 18.8. The van der Waals surface area contributed by atoms with Gasteiger partial charge in [-0.05, 0) is 74.6 Å². The van der Waals surface area contributed by atoms with Gasteiger partial charge in [-0.3, -0.25) is 9.47 Å². The van der Waals surface area contributed by atoms with Crippen LogP contribution in [0.1, 0.15) is 66.4 Å². The van der Waals surface area contributed by atoms with E-state index in [2.05, 4.69) is 11.8 Å². The number of piperidine rings is 1. The molecule has 0 atom stereocenters. The average Bonchev–Trinajstić information content (AvgIpc) is 3.37. The summed E-state index contributed by atoms with van der Waals surface area (Å²) in [6, 6.07) is 7.50. The Morgan fingerprint density at radius 2 is 2.00 bits per heavy atom. The predicted octanol–water partition coefficient (Wildman–Crippen LogP) is 4.55. The Morgan fingerprint density at radius 3 is 2.71 bits per heavy atom. The predicted molar refractivity (Wildman–Crippen MR) is 112 cm³/mol. The number of nitrogens with two attached hydrogens (primary N) is 1. The summed E-state index contributed by atoms with van der Waals surface area (Å²) in [5, 5.41) is 1.10. The molecule has 148 valence electrons. The van der Waals surface area contributed by atoms with Gasteiger partial charge in [-0.15, -0.1) is 0 Å². The van der Waals surface area contributed by atoms with Crippen molar-refractivity contribution in [1.82, 2.24) is 9.58 Å². The molecule has 1 saturated heterocycles. The smallest absolute Gasteiger partial charge is 0.196 e. The van der Waals surface area contributed by atoms with Crippen LogP contribution >= 0.6 is 0 Å². The molecule has 1 aliphatic rings. The van der Waals surface area contributed by atoms with E-state index in [1.165, 1.54) is 43.9 Å². The van der Waals surface area contributed by atoms with Crippen molar-refractivity contribution < 1.29 is 9.21 Å². The van der Waals surface area contributed by atoms with Gasteiger partial charge in [0.15, 0.2) is 5.78 Å². The second-order valence-corrected chi connectivity index (χ2v) is 7.89. The number of unbranched alkanes of at least 4 members (excludes halogenated alkanes) is 2. The van der Waals surface area contributed by atoms with Crippen LogP contribution in [-0.4, -0.2) is 35.0 Å². The highest BCUT2D eigenvalue weighted by Gasteiger charge is 2.24. The van der Waals surface area contributed by atoms with Gasteiger partial charge in [-0.1, -0.05) is 19.8 Å². The number of hydrogen-bond donors (Lipinski definition) is 1. The molecule has 0 aliphatic carbocycles. The number of benzene rings is 1. The van der Waals surface area contributed by atoms with Gasteiger partial charge in [-0.25, -0.2) is 0 Å². The van der Waals surface area contributed by atoms with E-state index in [-0.39, 0.29) is 5.78 Å². The van der Waals surface area contributed by atoms with Crippen LogP contribution in [0, 0.1) is 0 Å². The van der Waals surface area contributed by atoms with Crippen LogP contribution < -0.4 is 5.84 Å². The number of likely N-dealkylation sites (tertiary alicyclic amines) is 1. The Morgan fingerprint density at radius 1 is 1.18 bits per heavy atom. The highest BCUT2D eigenvalue weighted by Crippen LogP contribution is 2.34. The minimum atomic E-state index is -0.0166. The molecule has 28 heavy (non-hydrogen) atoms. The summed E-state index contributed by atoms with van der Waals surface area (Å²) in [5.74, 6) is 6.70. The van der Waals surface area contributed by atoms with Crippen LogP contribution in [0.5, 0.6) is 0 Å². The number of rotatable bonds is 7. The molecule has 1 aliphatic heterocycles. The van der Waals surface area contributed by atoms with Crippen molar-refractivity contribution in [2.24, 2.45) is 0 Å². The lowest BCUT2D eigenvalue weighted by atomic mass is 9.88. The number of hydrogen-bond acceptors (Lipinski definition) is 4. The fraction of sp³-hybridized carbons (Fsp3) is 0.435. The molecule has 0 bridgehead atoms. The van der Waals surface area contributed by atoms with E-state index in [1.54, 1.807) is 10.7 Å². The van der Waals surface area contributed by atoms with Crippen molar-refractivity contribution in [2.75, 3.05) is 25.5 Å². The first-order chi connectivity index (χ1) is 13.7. The van der Waals surface area contributed by atoms with Crippen LogP contribution in [0.25, 0.3) is 10.9 Å². The number of nitrogens with zero attached hydrogens (tertiary/aromatic N) is 2. The van der Waals surface area contributed by atoms with Gasteiger partial charge in [0.05, 0.1) is 17.3 Å². The first-order valence-corrected chi connectivity index (χ1v) is 10.4. The molecular weight excluding hydrogens is 350 g/mol. The quantitative estimate of drug-likeness (QED) is 0.372. The fourth-order valence-electron chi connectivity index (χ4n) is 4.36. The van der Waals surface area contributed by atoms with Crippen molar-refractivity contribution >= 4 is 16.7 Å². The van der Waals surface area contributed by atoms with Crippen molar-refractivity contribution in [3.05, 3.63) is 59.7 Å². The number of ketones is 1. The zero-order valence-electron chi connectivity index (χ0n) is 16.6. The largest absolute Gasteiger partial charge is 0.472 e. The van der Waals surface area contributed by atoms with E-state index in [0.29, 0.717) is 17.0 Å². The monoisotopic (exact) mass is 379 g/mol. The number of carbonyl (C=O) groups excluding carboxylic acids is 1. The van der Waals surface area contributed by atoms with Crippen LogP contribution in [0.3, 0.4) is 0 Å². The van der Waals surface area contributed by atoms with Gasteiger partial charge in [0.25, 0.3) is 0 Å². The summed E-state index contributed by atoms with van der Waals surface area (Å²) in [6.45, 7) is 5.74. The van der Waals surface area contributed by atoms with Gasteiger partial charge in [0, 0.05) is 17.1 Å². The highest BCUT2D eigenvalue weighted by atomic mass is 16.3. The highest BCUT2D eigenvalue weighted by molar-refractivity contribution is 6.10. The van der Waals surface area contributed by atoms with Crippen molar-refractivity contribution in [3.63, 3.8) is 0 Å². The molecule has 0 saturated carbocycles. The summed E-state index contributed by atoms with van der Waals surface area (Å²) in [6.07, 6.45) is 11.2. The molecule has 1 aromatic carbocycles. The molecule has 0 unspecified atom stereocenters. The first-order valence-electron chi connectivity index (χ1n) is 10.4. The Hall–Kier alpha value is -2.53. The third-order valence-corrected chi connectivity index (χ3v) is 6.01. The minimum Gasteiger partial charge on any atom is -0.472 e. The Kier molecular flexibility index (Phi) is 5.53. The van der Waals surface area contributed by atoms with Gasteiger partial charge in [0.1, 0.15) is 6.26 Å². The average molecular weight is 380 g/mol. The lowest BCUT2D eigenvalue weighted by Gasteiger charge is -2.32. The van der Waals surface area contributed by atoms with Gasteiger partial charge < -0.3 is 15.2 Å². The Bertz CT molecular complexity index is 934. The third-order valence-electron chi connectivity index (χ3n) is 6.01. The molecule has 1 fully saturated rings. The molecule has 3 heterocycles. The number of furan rings is 1. The zero-order chi connectivity index (χ0) is 19.5. The van der Waals surface area contributed by atoms with E-state index in [1.807, 2.05) is 24.4 Å². The van der Waals surface area contributed by atoms with Gasteiger partial charge >= 0.3 is 0 Å². The van der Waals surface area contributed by atoms with Crippen LogP contribution in [0.2, 0.25) is 0 Å². The molecular formula is C23H29N3O2. The molecule has 2 aromatic heterocycles.